The summed E-state index contributed by atoms with van der Waals surface area (Å²) in [5.74, 6) is -0.582. The fourth-order valence-corrected chi connectivity index (χ4v) is 10.2. The second-order valence-corrected chi connectivity index (χ2v) is 23.6. The summed E-state index contributed by atoms with van der Waals surface area (Å²) in [6.45, 7) is 3.94. The molecule has 0 aromatic carbocycles. The van der Waals surface area contributed by atoms with Gasteiger partial charge in [-0.05, 0) is 109 Å². The van der Waals surface area contributed by atoms with E-state index >= 15 is 0 Å². The lowest BCUT2D eigenvalue weighted by atomic mass is 10.0. The first kappa shape index (κ1) is 80.0. The van der Waals surface area contributed by atoms with Gasteiger partial charge in [0.1, 0.15) is 6.61 Å². The standard InChI is InChI=1S/C79H134O5/c1-3-5-7-9-11-13-15-17-19-21-23-25-27-29-31-33-35-37-38-39-40-42-43-45-47-49-51-53-55-57-59-61-63-65-67-69-71-73-78(81)83-76-77(75-80)84-79(82)74-72-70-68-66-64-62-60-58-56-54-52-50-48-46-44-41-36-34-32-30-28-26-24-22-20-18-16-14-12-10-8-6-4-2/h5-8,11-14,17-20,23-26,29-32,36,41,77,80H,3-4,9-10,15-16,21-22,27-28,33-35,37-40,42-76H2,1-2H3/b7-5-,8-6-,13-11-,14-12-,19-17-,20-18-,25-23-,26-24-,31-29-,32-30-,41-36-. The van der Waals surface area contributed by atoms with E-state index in [1.807, 2.05) is 0 Å². The van der Waals surface area contributed by atoms with Crippen molar-refractivity contribution in [3.63, 3.8) is 0 Å². The Morgan fingerprint density at radius 2 is 0.476 bits per heavy atom. The van der Waals surface area contributed by atoms with Gasteiger partial charge in [-0.1, -0.05) is 347 Å². The molecule has 0 saturated carbocycles. The lowest BCUT2D eigenvalue weighted by Gasteiger charge is -2.15. The summed E-state index contributed by atoms with van der Waals surface area (Å²) in [5.41, 5.74) is 0. The van der Waals surface area contributed by atoms with Crippen molar-refractivity contribution in [3.05, 3.63) is 134 Å². The van der Waals surface area contributed by atoms with Crippen molar-refractivity contribution in [2.75, 3.05) is 13.2 Å². The first-order valence-corrected chi connectivity index (χ1v) is 35.7. The number of hydrogen-bond acceptors (Lipinski definition) is 5. The summed E-state index contributed by atoms with van der Waals surface area (Å²) in [6, 6.07) is 0. The highest BCUT2D eigenvalue weighted by Crippen LogP contribution is 2.18. The van der Waals surface area contributed by atoms with Crippen LogP contribution in [-0.2, 0) is 19.1 Å². The Balaban J connectivity index is 3.45. The minimum absolute atomic E-state index is 0.0677. The normalized spacial score (nSPS) is 13.0. The number of carbonyl (C=O) groups is 2. The number of aliphatic hydroxyl groups is 1. The topological polar surface area (TPSA) is 72.8 Å². The van der Waals surface area contributed by atoms with E-state index in [9.17, 15) is 14.7 Å². The summed E-state index contributed by atoms with van der Waals surface area (Å²) in [6.07, 6.45) is 109. The van der Waals surface area contributed by atoms with Gasteiger partial charge in [0.05, 0.1) is 6.61 Å². The van der Waals surface area contributed by atoms with Crippen molar-refractivity contribution in [2.45, 2.75) is 341 Å². The van der Waals surface area contributed by atoms with E-state index in [1.54, 1.807) is 0 Å². The van der Waals surface area contributed by atoms with Crippen LogP contribution in [0.3, 0.4) is 0 Å². The zero-order valence-electron chi connectivity index (χ0n) is 55.1. The number of aliphatic hydroxyl groups excluding tert-OH is 1. The van der Waals surface area contributed by atoms with Gasteiger partial charge < -0.3 is 14.6 Å². The summed E-state index contributed by atoms with van der Waals surface area (Å²) < 4.78 is 10.8. The predicted molar refractivity (Wildman–Crippen MR) is 371 cm³/mol. The van der Waals surface area contributed by atoms with Gasteiger partial charge in [-0.25, -0.2) is 0 Å². The fraction of sp³-hybridized carbons (Fsp3) is 0.696. The van der Waals surface area contributed by atoms with Crippen LogP contribution in [0.25, 0.3) is 0 Å². The molecule has 0 aromatic rings. The predicted octanol–water partition coefficient (Wildman–Crippen LogP) is 25.1. The van der Waals surface area contributed by atoms with E-state index in [0.29, 0.717) is 12.8 Å². The first-order valence-electron chi connectivity index (χ1n) is 35.7. The number of hydrogen-bond donors (Lipinski definition) is 1. The molecule has 0 aliphatic carbocycles. The maximum Gasteiger partial charge on any atom is 0.306 e. The van der Waals surface area contributed by atoms with Gasteiger partial charge in [0.2, 0.25) is 0 Å². The molecule has 0 fully saturated rings. The van der Waals surface area contributed by atoms with Crippen molar-refractivity contribution in [2.24, 2.45) is 0 Å². The number of carbonyl (C=O) groups excluding carboxylic acids is 2. The first-order chi connectivity index (χ1) is 41.6. The minimum Gasteiger partial charge on any atom is -0.462 e. The second kappa shape index (κ2) is 73.3. The Morgan fingerprint density at radius 3 is 0.714 bits per heavy atom. The Labute approximate surface area is 521 Å². The molecular weight excluding hydrogens is 1030 g/mol. The molecule has 0 rings (SSSR count). The van der Waals surface area contributed by atoms with Crippen molar-refractivity contribution >= 4 is 11.9 Å². The highest BCUT2D eigenvalue weighted by Gasteiger charge is 2.16. The van der Waals surface area contributed by atoms with Crippen LogP contribution in [0.1, 0.15) is 335 Å². The lowest BCUT2D eigenvalue weighted by molar-refractivity contribution is -0.161. The third kappa shape index (κ3) is 70.5. The number of ether oxygens (including phenoxy) is 2. The van der Waals surface area contributed by atoms with Crippen LogP contribution in [0.2, 0.25) is 0 Å². The quantitative estimate of drug-likeness (QED) is 0.0373. The van der Waals surface area contributed by atoms with Crippen LogP contribution in [0.15, 0.2) is 134 Å². The SMILES string of the molecule is CC/C=C\C/C=C\C/C=C\C/C=C\C/C=C\C/C=C\CCCCCCCCCCCCCCCCC(=O)OC(CO)COC(=O)CCCCCCCCCCCCCCCCCCCCCCC/C=C\C/C=C\C/C=C\C/C=C\C/C=C\CC. The van der Waals surface area contributed by atoms with Crippen LogP contribution < -0.4 is 0 Å². The van der Waals surface area contributed by atoms with Crippen LogP contribution >= 0.6 is 0 Å². The largest absolute Gasteiger partial charge is 0.462 e. The number of unbranched alkanes of at least 4 members (excludes halogenated alkanes) is 35. The van der Waals surface area contributed by atoms with E-state index < -0.39 is 6.10 Å². The molecule has 0 aromatic heterocycles. The second-order valence-electron chi connectivity index (χ2n) is 23.6. The van der Waals surface area contributed by atoms with E-state index in [4.69, 9.17) is 9.47 Å². The third-order valence-corrected chi connectivity index (χ3v) is 15.4. The van der Waals surface area contributed by atoms with Crippen molar-refractivity contribution < 1.29 is 24.2 Å². The Bertz CT molecular complexity index is 1700. The minimum atomic E-state index is -0.779. The van der Waals surface area contributed by atoms with Crippen LogP contribution in [0.4, 0.5) is 0 Å². The van der Waals surface area contributed by atoms with Crippen LogP contribution in [0.5, 0.6) is 0 Å². The van der Waals surface area contributed by atoms with Crippen molar-refractivity contribution in [1.29, 1.82) is 0 Å². The Hall–Kier alpha value is -3.96. The highest BCUT2D eigenvalue weighted by molar-refractivity contribution is 5.70. The van der Waals surface area contributed by atoms with Gasteiger partial charge in [-0.2, -0.15) is 0 Å². The van der Waals surface area contributed by atoms with Gasteiger partial charge in [-0.3, -0.25) is 9.59 Å². The van der Waals surface area contributed by atoms with E-state index in [2.05, 4.69) is 148 Å². The van der Waals surface area contributed by atoms with Gasteiger partial charge in [0.15, 0.2) is 6.10 Å². The molecule has 0 radical (unpaired) electrons. The molecule has 480 valence electrons. The summed E-state index contributed by atoms with van der Waals surface area (Å²) >= 11 is 0. The summed E-state index contributed by atoms with van der Waals surface area (Å²) in [5, 5.41) is 9.71. The Kier molecular flexibility index (Phi) is 69.8. The molecule has 1 atom stereocenters. The summed E-state index contributed by atoms with van der Waals surface area (Å²) in [7, 11) is 0. The number of rotatable bonds is 65. The number of allylic oxidation sites excluding steroid dienone is 22. The van der Waals surface area contributed by atoms with E-state index in [-0.39, 0.29) is 25.2 Å². The molecule has 0 bridgehead atoms. The lowest BCUT2D eigenvalue weighted by Crippen LogP contribution is -2.28. The molecule has 5 nitrogen and oxygen atoms in total. The van der Waals surface area contributed by atoms with Crippen LogP contribution in [-0.4, -0.2) is 36.4 Å². The average molecular weight is 1160 g/mol. The molecule has 0 spiro atoms. The summed E-state index contributed by atoms with van der Waals surface area (Å²) in [4.78, 5) is 24.7. The third-order valence-electron chi connectivity index (χ3n) is 15.4. The Morgan fingerprint density at radius 1 is 0.274 bits per heavy atom. The molecule has 1 N–H and O–H groups in total. The monoisotopic (exact) mass is 1160 g/mol. The molecule has 0 aliphatic rings. The van der Waals surface area contributed by atoms with E-state index in [1.165, 1.54) is 199 Å². The number of esters is 2. The zero-order valence-corrected chi connectivity index (χ0v) is 55.1. The molecule has 5 heteroatoms. The molecular formula is C79H134O5. The molecule has 0 amide bonds. The molecule has 0 heterocycles. The molecule has 84 heavy (non-hydrogen) atoms. The molecule has 0 saturated heterocycles. The van der Waals surface area contributed by atoms with Gasteiger partial charge in [-0.15, -0.1) is 0 Å². The smallest absolute Gasteiger partial charge is 0.306 e. The van der Waals surface area contributed by atoms with Gasteiger partial charge >= 0.3 is 11.9 Å². The average Bonchev–Trinajstić information content (AvgIpc) is 3.51. The van der Waals surface area contributed by atoms with Crippen molar-refractivity contribution in [3.8, 4) is 0 Å². The van der Waals surface area contributed by atoms with Crippen LogP contribution in [0, 0.1) is 0 Å². The fourth-order valence-electron chi connectivity index (χ4n) is 10.2. The zero-order chi connectivity index (χ0) is 60.5. The highest BCUT2D eigenvalue weighted by atomic mass is 16.6. The maximum atomic E-state index is 12.4. The van der Waals surface area contributed by atoms with Gasteiger partial charge in [0, 0.05) is 12.8 Å². The molecule has 1 unspecified atom stereocenters. The van der Waals surface area contributed by atoms with Crippen molar-refractivity contribution in [1.82, 2.24) is 0 Å². The van der Waals surface area contributed by atoms with E-state index in [0.717, 1.165) is 109 Å². The molecule has 0 aliphatic heterocycles. The maximum absolute atomic E-state index is 12.4. The van der Waals surface area contributed by atoms with Gasteiger partial charge in [0.25, 0.3) is 0 Å².